The highest BCUT2D eigenvalue weighted by Crippen LogP contribution is 2.28. The molecule has 3 nitrogen and oxygen atoms in total. The zero-order valence-corrected chi connectivity index (χ0v) is 14.0. The number of fused-ring (bicyclic) bond motifs is 1. The van der Waals surface area contributed by atoms with E-state index in [1.807, 2.05) is 30.0 Å². The summed E-state index contributed by atoms with van der Waals surface area (Å²) < 4.78 is 1.03. The highest BCUT2D eigenvalue weighted by molar-refractivity contribution is 9.10. The van der Waals surface area contributed by atoms with Crippen LogP contribution in [0.3, 0.4) is 0 Å². The lowest BCUT2D eigenvalue weighted by molar-refractivity contribution is 0.0642. The van der Waals surface area contributed by atoms with Gasteiger partial charge in [-0.3, -0.25) is 4.79 Å². The zero-order chi connectivity index (χ0) is 13.4. The molecule has 0 bridgehead atoms. The molecule has 3 rings (SSSR count). The topological polar surface area (TPSA) is 32.3 Å². The molecule has 0 radical (unpaired) electrons. The predicted octanol–water partition coefficient (Wildman–Crippen LogP) is 2.86. The van der Waals surface area contributed by atoms with Crippen LogP contribution in [0.5, 0.6) is 0 Å². The zero-order valence-electron chi connectivity index (χ0n) is 11.6. The molecule has 2 saturated heterocycles. The van der Waals surface area contributed by atoms with Crippen LogP contribution in [0.4, 0.5) is 0 Å². The number of nitrogens with zero attached hydrogens (tertiary/aromatic N) is 1. The first-order valence-electron chi connectivity index (χ1n) is 6.91. The van der Waals surface area contributed by atoms with Gasteiger partial charge < -0.3 is 10.2 Å². The lowest BCUT2D eigenvalue weighted by Crippen LogP contribution is -2.43. The average Bonchev–Trinajstić information content (AvgIpc) is 2.85. The molecule has 5 heteroatoms. The fourth-order valence-corrected chi connectivity index (χ4v) is 3.73. The molecule has 0 aliphatic carbocycles. The highest BCUT2D eigenvalue weighted by Gasteiger charge is 2.34. The summed E-state index contributed by atoms with van der Waals surface area (Å²) in [5.74, 6) is 1.61. The molecular weight excluding hydrogens is 340 g/mol. The number of likely N-dealkylation sites (tertiary alicyclic amines) is 1. The molecule has 0 saturated carbocycles. The van der Waals surface area contributed by atoms with Crippen molar-refractivity contribution in [3.05, 3.63) is 33.8 Å². The number of nitrogens with one attached hydrogen (secondary N) is 1. The Balaban J connectivity index is 0.00000147. The van der Waals surface area contributed by atoms with Crippen molar-refractivity contribution in [2.75, 3.05) is 26.2 Å². The number of aryl methyl sites for hydroxylation is 1. The van der Waals surface area contributed by atoms with Crippen LogP contribution >= 0.6 is 28.3 Å². The van der Waals surface area contributed by atoms with Crippen LogP contribution in [0, 0.1) is 18.8 Å². The van der Waals surface area contributed by atoms with Gasteiger partial charge >= 0.3 is 0 Å². The number of halogens is 2. The van der Waals surface area contributed by atoms with Gasteiger partial charge in [0.1, 0.15) is 0 Å². The van der Waals surface area contributed by atoms with Gasteiger partial charge in [-0.25, -0.2) is 0 Å². The summed E-state index contributed by atoms with van der Waals surface area (Å²) in [6, 6.07) is 5.89. The van der Waals surface area contributed by atoms with Gasteiger partial charge in [0, 0.05) is 23.1 Å². The molecule has 2 fully saturated rings. The van der Waals surface area contributed by atoms with Gasteiger partial charge in [-0.1, -0.05) is 15.9 Å². The number of rotatable bonds is 1. The van der Waals surface area contributed by atoms with Crippen molar-refractivity contribution < 1.29 is 4.79 Å². The summed E-state index contributed by atoms with van der Waals surface area (Å²) in [4.78, 5) is 14.6. The quantitative estimate of drug-likeness (QED) is 0.836. The third kappa shape index (κ3) is 3.02. The second-order valence-corrected chi connectivity index (χ2v) is 6.59. The van der Waals surface area contributed by atoms with Gasteiger partial charge in [0.05, 0.1) is 0 Å². The summed E-state index contributed by atoms with van der Waals surface area (Å²) >= 11 is 3.45. The Labute approximate surface area is 134 Å². The van der Waals surface area contributed by atoms with Crippen LogP contribution in [0.15, 0.2) is 22.7 Å². The van der Waals surface area contributed by atoms with Crippen molar-refractivity contribution in [2.45, 2.75) is 13.3 Å². The Morgan fingerprint density at radius 3 is 2.85 bits per heavy atom. The van der Waals surface area contributed by atoms with E-state index in [-0.39, 0.29) is 18.3 Å². The number of amides is 1. The van der Waals surface area contributed by atoms with Crippen LogP contribution in [-0.2, 0) is 0 Å². The van der Waals surface area contributed by atoms with Crippen molar-refractivity contribution in [3.63, 3.8) is 0 Å². The van der Waals surface area contributed by atoms with Crippen LogP contribution in [-0.4, -0.2) is 37.0 Å². The van der Waals surface area contributed by atoms with Crippen LogP contribution in [0.25, 0.3) is 0 Å². The first kappa shape index (κ1) is 15.8. The Hall–Kier alpha value is -0.580. The van der Waals surface area contributed by atoms with E-state index in [1.165, 1.54) is 0 Å². The summed E-state index contributed by atoms with van der Waals surface area (Å²) in [6.07, 6.45) is 1.14. The predicted molar refractivity (Wildman–Crippen MR) is 86.5 cm³/mol. The van der Waals surface area contributed by atoms with E-state index in [0.717, 1.165) is 54.1 Å². The van der Waals surface area contributed by atoms with Gasteiger partial charge in [-0.2, -0.15) is 0 Å². The first-order chi connectivity index (χ1) is 9.15. The van der Waals surface area contributed by atoms with Crippen LogP contribution in [0.2, 0.25) is 0 Å². The summed E-state index contributed by atoms with van der Waals surface area (Å²) in [5, 5.41) is 3.44. The van der Waals surface area contributed by atoms with E-state index >= 15 is 0 Å². The van der Waals surface area contributed by atoms with Crippen molar-refractivity contribution >= 4 is 34.2 Å². The second kappa shape index (κ2) is 6.46. The van der Waals surface area contributed by atoms with E-state index in [9.17, 15) is 4.79 Å². The third-order valence-electron chi connectivity index (χ3n) is 4.41. The van der Waals surface area contributed by atoms with E-state index in [4.69, 9.17) is 0 Å². The average molecular weight is 360 g/mol. The molecule has 1 N–H and O–H groups in total. The van der Waals surface area contributed by atoms with Gasteiger partial charge in [0.25, 0.3) is 5.91 Å². The minimum atomic E-state index is 0. The van der Waals surface area contributed by atoms with Crippen molar-refractivity contribution in [1.82, 2.24) is 10.2 Å². The largest absolute Gasteiger partial charge is 0.338 e. The van der Waals surface area contributed by atoms with E-state index in [1.54, 1.807) is 0 Å². The normalized spacial score (nSPS) is 25.0. The third-order valence-corrected chi connectivity index (χ3v) is 4.90. The molecule has 2 atom stereocenters. The SMILES string of the molecule is Cc1cc(Br)ccc1C(=O)N1CCC2CNCC2C1.Cl. The van der Waals surface area contributed by atoms with Crippen LogP contribution in [0.1, 0.15) is 22.3 Å². The fourth-order valence-electron chi connectivity index (χ4n) is 3.26. The molecule has 0 spiro atoms. The number of hydrogen-bond donors (Lipinski definition) is 1. The summed E-state index contributed by atoms with van der Waals surface area (Å²) in [6.45, 7) is 6.00. The van der Waals surface area contributed by atoms with Crippen LogP contribution < -0.4 is 5.32 Å². The molecule has 110 valence electrons. The molecule has 1 amide bonds. The van der Waals surface area contributed by atoms with Gasteiger partial charge in [0.2, 0.25) is 0 Å². The Morgan fingerprint density at radius 1 is 1.35 bits per heavy atom. The molecule has 20 heavy (non-hydrogen) atoms. The molecular formula is C15H20BrClN2O. The van der Waals surface area contributed by atoms with Gasteiger partial charge in [-0.15, -0.1) is 12.4 Å². The van der Waals surface area contributed by atoms with Crippen molar-refractivity contribution in [3.8, 4) is 0 Å². The number of carbonyl (C=O) groups excluding carboxylic acids is 1. The molecule has 2 heterocycles. The maximum Gasteiger partial charge on any atom is 0.254 e. The number of benzene rings is 1. The van der Waals surface area contributed by atoms with Gasteiger partial charge in [-0.05, 0) is 62.0 Å². The lowest BCUT2D eigenvalue weighted by atomic mass is 9.88. The monoisotopic (exact) mass is 358 g/mol. The van der Waals surface area contributed by atoms with E-state index < -0.39 is 0 Å². The summed E-state index contributed by atoms with van der Waals surface area (Å²) in [5.41, 5.74) is 1.89. The second-order valence-electron chi connectivity index (χ2n) is 5.68. The minimum Gasteiger partial charge on any atom is -0.338 e. The summed E-state index contributed by atoms with van der Waals surface area (Å²) in [7, 11) is 0. The first-order valence-corrected chi connectivity index (χ1v) is 7.70. The molecule has 1 aromatic carbocycles. The number of piperidine rings is 1. The molecule has 0 aromatic heterocycles. The Bertz CT molecular complexity index is 509. The van der Waals surface area contributed by atoms with Gasteiger partial charge in [0.15, 0.2) is 0 Å². The number of hydrogen-bond acceptors (Lipinski definition) is 2. The lowest BCUT2D eigenvalue weighted by Gasteiger charge is -2.34. The highest BCUT2D eigenvalue weighted by atomic mass is 79.9. The maximum absolute atomic E-state index is 12.6. The molecule has 2 aliphatic heterocycles. The Kier molecular flexibility index (Phi) is 5.10. The smallest absolute Gasteiger partial charge is 0.254 e. The molecule has 2 aliphatic rings. The Morgan fingerprint density at radius 2 is 2.10 bits per heavy atom. The van der Waals surface area contributed by atoms with Crippen molar-refractivity contribution in [2.24, 2.45) is 11.8 Å². The minimum absolute atomic E-state index is 0. The number of carbonyl (C=O) groups is 1. The maximum atomic E-state index is 12.6. The van der Waals surface area contributed by atoms with E-state index in [2.05, 4.69) is 21.2 Å². The van der Waals surface area contributed by atoms with E-state index in [0.29, 0.717) is 5.92 Å². The fraction of sp³-hybridized carbons (Fsp3) is 0.533. The molecule has 1 aromatic rings. The molecule has 2 unspecified atom stereocenters. The van der Waals surface area contributed by atoms with Crippen molar-refractivity contribution in [1.29, 1.82) is 0 Å². The standard InChI is InChI=1S/C15H19BrN2O.ClH/c1-10-6-13(16)2-3-14(10)15(19)18-5-4-11-7-17-8-12(11)9-18;/h2-3,6,11-12,17H,4-5,7-9H2,1H3;1H.